The van der Waals surface area contributed by atoms with Crippen molar-refractivity contribution in [3.8, 4) is 11.3 Å². The summed E-state index contributed by atoms with van der Waals surface area (Å²) in [6, 6.07) is 1.63. The first-order chi connectivity index (χ1) is 12.8. The summed E-state index contributed by atoms with van der Waals surface area (Å²) in [6.07, 6.45) is 1.64. The van der Waals surface area contributed by atoms with E-state index in [1.165, 1.54) is 25.4 Å². The average Bonchev–Trinajstić information content (AvgIpc) is 3.32. The molecule has 0 saturated carbocycles. The Kier molecular flexibility index (Phi) is 4.95. The molecule has 0 saturated heterocycles. The van der Waals surface area contributed by atoms with Gasteiger partial charge in [0.05, 0.1) is 12.8 Å². The third-order valence-corrected chi connectivity index (χ3v) is 4.88. The highest BCUT2D eigenvalue weighted by molar-refractivity contribution is 7.14. The third-order valence-electron chi connectivity index (χ3n) is 4.13. The molecule has 0 aliphatic heterocycles. The highest BCUT2D eigenvalue weighted by atomic mass is 32.1. The van der Waals surface area contributed by atoms with E-state index >= 15 is 0 Å². The van der Waals surface area contributed by atoms with E-state index in [0.29, 0.717) is 44.6 Å². The number of anilines is 1. The minimum atomic E-state index is -0.469. The maximum absolute atomic E-state index is 12.5. The van der Waals surface area contributed by atoms with E-state index in [-0.39, 0.29) is 11.7 Å². The van der Waals surface area contributed by atoms with E-state index in [2.05, 4.69) is 25.0 Å². The molecule has 1 amide bonds. The summed E-state index contributed by atoms with van der Waals surface area (Å²) in [7, 11) is 1.31. The summed E-state index contributed by atoms with van der Waals surface area (Å²) in [4.78, 5) is 45.9. The van der Waals surface area contributed by atoms with Crippen LogP contribution in [0.25, 0.3) is 11.3 Å². The molecule has 0 spiro atoms. The zero-order valence-corrected chi connectivity index (χ0v) is 16.0. The number of carbonyl (C=O) groups is 3. The monoisotopic (exact) mass is 386 g/mol. The molecule has 0 aliphatic rings. The molecule has 0 aliphatic carbocycles. The standard InChI is InChI=1S/C18H18N4O4S/c1-8-14(10(3)23)9(2)20-15(8)16(24)22-18-21-13(7-27-18)11-5-12(19-6-11)17(25)26-4/h5-7,19-20H,1-4H3,(H,21,22,24). The quantitative estimate of drug-likeness (QED) is 0.459. The lowest BCUT2D eigenvalue weighted by atomic mass is 10.1. The number of esters is 1. The second kappa shape index (κ2) is 7.20. The van der Waals surface area contributed by atoms with Crippen molar-refractivity contribution in [1.29, 1.82) is 0 Å². The number of hydrogen-bond acceptors (Lipinski definition) is 6. The summed E-state index contributed by atoms with van der Waals surface area (Å²) in [5.41, 5.74) is 3.78. The number of methoxy groups -OCH3 is 1. The van der Waals surface area contributed by atoms with Crippen LogP contribution in [0, 0.1) is 13.8 Å². The maximum Gasteiger partial charge on any atom is 0.354 e. The second-order valence-corrected chi connectivity index (χ2v) is 6.82. The van der Waals surface area contributed by atoms with E-state index < -0.39 is 5.97 Å². The number of amides is 1. The molecule has 27 heavy (non-hydrogen) atoms. The lowest BCUT2D eigenvalue weighted by Crippen LogP contribution is -2.13. The van der Waals surface area contributed by atoms with Gasteiger partial charge in [-0.3, -0.25) is 14.9 Å². The fraction of sp³-hybridized carbons (Fsp3) is 0.222. The number of aromatic nitrogens is 3. The molecule has 3 heterocycles. The van der Waals surface area contributed by atoms with Gasteiger partial charge in [-0.05, 0) is 32.4 Å². The third kappa shape index (κ3) is 3.54. The SMILES string of the molecule is COC(=O)c1cc(-c2csc(NC(=O)c3[nH]c(C)c(C(C)=O)c3C)n2)c[nH]1. The van der Waals surface area contributed by atoms with Crippen LogP contribution in [-0.4, -0.2) is 39.7 Å². The molecule has 3 N–H and O–H groups in total. The Morgan fingerprint density at radius 1 is 1.26 bits per heavy atom. The fourth-order valence-corrected chi connectivity index (χ4v) is 3.61. The van der Waals surface area contributed by atoms with E-state index in [0.717, 1.165) is 0 Å². The van der Waals surface area contributed by atoms with E-state index in [1.54, 1.807) is 31.5 Å². The molecule has 0 fully saturated rings. The van der Waals surface area contributed by atoms with Gasteiger partial charge in [-0.1, -0.05) is 0 Å². The zero-order valence-electron chi connectivity index (χ0n) is 15.2. The first-order valence-corrected chi connectivity index (χ1v) is 8.93. The Bertz CT molecular complexity index is 1040. The molecule has 0 bridgehead atoms. The molecule has 9 heteroatoms. The van der Waals surface area contributed by atoms with Crippen LogP contribution in [0.2, 0.25) is 0 Å². The van der Waals surface area contributed by atoms with E-state index in [1.807, 2.05) is 0 Å². The van der Waals surface area contributed by atoms with E-state index in [9.17, 15) is 14.4 Å². The van der Waals surface area contributed by atoms with Crippen molar-refractivity contribution in [2.45, 2.75) is 20.8 Å². The molecule has 0 atom stereocenters. The Balaban J connectivity index is 1.79. The first kappa shape index (κ1) is 18.6. The number of rotatable bonds is 5. The lowest BCUT2D eigenvalue weighted by molar-refractivity contribution is 0.0594. The second-order valence-electron chi connectivity index (χ2n) is 5.97. The van der Waals surface area contributed by atoms with Gasteiger partial charge in [0.2, 0.25) is 0 Å². The smallest absolute Gasteiger partial charge is 0.354 e. The molecular formula is C18H18N4O4S. The Morgan fingerprint density at radius 2 is 2.00 bits per heavy atom. The molecule has 0 radical (unpaired) electrons. The topological polar surface area (TPSA) is 117 Å². The number of hydrogen-bond donors (Lipinski definition) is 3. The Morgan fingerprint density at radius 3 is 2.63 bits per heavy atom. The number of nitrogens with zero attached hydrogens (tertiary/aromatic N) is 1. The van der Waals surface area contributed by atoms with Crippen molar-refractivity contribution in [1.82, 2.24) is 15.0 Å². The number of aryl methyl sites for hydroxylation is 1. The molecular weight excluding hydrogens is 368 g/mol. The number of ether oxygens (including phenoxy) is 1. The Hall–Kier alpha value is -3.20. The summed E-state index contributed by atoms with van der Waals surface area (Å²) >= 11 is 1.26. The van der Waals surface area contributed by atoms with Crippen molar-refractivity contribution >= 4 is 34.1 Å². The van der Waals surface area contributed by atoms with Gasteiger partial charge in [-0.15, -0.1) is 11.3 Å². The number of aromatic amines is 2. The van der Waals surface area contributed by atoms with Crippen molar-refractivity contribution in [2.75, 3.05) is 12.4 Å². The summed E-state index contributed by atoms with van der Waals surface area (Å²) in [5.74, 6) is -0.928. The van der Waals surface area contributed by atoms with Gasteiger partial charge < -0.3 is 14.7 Å². The van der Waals surface area contributed by atoms with Crippen LogP contribution in [-0.2, 0) is 4.74 Å². The van der Waals surface area contributed by atoms with Gasteiger partial charge in [0.25, 0.3) is 5.91 Å². The molecule has 3 aromatic heterocycles. The van der Waals surface area contributed by atoms with Crippen LogP contribution in [0.5, 0.6) is 0 Å². The number of nitrogens with one attached hydrogen (secondary N) is 3. The summed E-state index contributed by atoms with van der Waals surface area (Å²) in [6.45, 7) is 4.96. The number of ketones is 1. The molecule has 3 rings (SSSR count). The predicted molar refractivity (Wildman–Crippen MR) is 101 cm³/mol. The van der Waals surface area contributed by atoms with Crippen molar-refractivity contribution in [2.24, 2.45) is 0 Å². The first-order valence-electron chi connectivity index (χ1n) is 8.06. The molecule has 8 nitrogen and oxygen atoms in total. The lowest BCUT2D eigenvalue weighted by Gasteiger charge is -2.01. The highest BCUT2D eigenvalue weighted by Gasteiger charge is 2.21. The van der Waals surface area contributed by atoms with Crippen molar-refractivity contribution in [3.63, 3.8) is 0 Å². The molecule has 140 valence electrons. The van der Waals surface area contributed by atoms with Gasteiger partial charge in [0.15, 0.2) is 10.9 Å². The minimum absolute atomic E-state index is 0.0919. The number of Topliss-reactive ketones (excluding diaryl/α,β-unsaturated/α-hetero) is 1. The Labute approximate surface area is 159 Å². The van der Waals surface area contributed by atoms with Gasteiger partial charge in [-0.2, -0.15) is 0 Å². The highest BCUT2D eigenvalue weighted by Crippen LogP contribution is 2.27. The van der Waals surface area contributed by atoms with Gasteiger partial charge in [0, 0.05) is 28.4 Å². The van der Waals surface area contributed by atoms with Gasteiger partial charge >= 0.3 is 5.97 Å². The zero-order chi connectivity index (χ0) is 19.7. The van der Waals surface area contributed by atoms with Crippen molar-refractivity contribution in [3.05, 3.63) is 45.9 Å². The van der Waals surface area contributed by atoms with Crippen LogP contribution >= 0.6 is 11.3 Å². The van der Waals surface area contributed by atoms with Crippen LogP contribution in [0.4, 0.5) is 5.13 Å². The molecule has 0 unspecified atom stereocenters. The number of carbonyl (C=O) groups excluding carboxylic acids is 3. The van der Waals surface area contributed by atoms with Crippen LogP contribution < -0.4 is 5.32 Å². The van der Waals surface area contributed by atoms with Crippen LogP contribution in [0.3, 0.4) is 0 Å². The predicted octanol–water partition coefficient (Wildman–Crippen LogP) is 3.32. The molecule has 0 aromatic carbocycles. The fourth-order valence-electron chi connectivity index (χ4n) is 2.90. The van der Waals surface area contributed by atoms with Gasteiger partial charge in [-0.25, -0.2) is 9.78 Å². The number of H-pyrrole nitrogens is 2. The molecule has 3 aromatic rings. The van der Waals surface area contributed by atoms with Crippen LogP contribution in [0.15, 0.2) is 17.6 Å². The summed E-state index contributed by atoms with van der Waals surface area (Å²) in [5, 5.41) is 4.91. The van der Waals surface area contributed by atoms with Gasteiger partial charge in [0.1, 0.15) is 11.4 Å². The van der Waals surface area contributed by atoms with Crippen LogP contribution in [0.1, 0.15) is 49.5 Å². The summed E-state index contributed by atoms with van der Waals surface area (Å²) < 4.78 is 4.66. The maximum atomic E-state index is 12.5. The number of thiazole rings is 1. The average molecular weight is 386 g/mol. The van der Waals surface area contributed by atoms with Crippen molar-refractivity contribution < 1.29 is 19.1 Å². The van der Waals surface area contributed by atoms with E-state index in [4.69, 9.17) is 0 Å². The largest absolute Gasteiger partial charge is 0.464 e. The normalized spacial score (nSPS) is 10.7. The minimum Gasteiger partial charge on any atom is -0.464 e.